The molecule has 0 heterocycles. The Kier molecular flexibility index (Phi) is 16.7. The third-order valence-corrected chi connectivity index (χ3v) is 37.1. The summed E-state index contributed by atoms with van der Waals surface area (Å²) < 4.78 is -11.9. The summed E-state index contributed by atoms with van der Waals surface area (Å²) in [4.78, 5) is 136. The number of hydrogen-bond donors (Lipinski definition) is 2. The van der Waals surface area contributed by atoms with Crippen molar-refractivity contribution >= 4 is 66.2 Å². The van der Waals surface area contributed by atoms with Gasteiger partial charge in [-0.05, 0) is 0 Å². The number of aryl methyl sites for hydroxylation is 18. The van der Waals surface area contributed by atoms with E-state index in [2.05, 4.69) is 0 Å². The number of carboxylic acids is 2. The summed E-state index contributed by atoms with van der Waals surface area (Å²) in [7, 11) is 0. The second-order valence-electron chi connectivity index (χ2n) is 23.1. The molecule has 0 aromatic heterocycles. The number of carbonyl (C=O) groups excluding carboxylic acids is 6. The second-order valence-corrected chi connectivity index (χ2v) is 38.4. The zero-order chi connectivity index (χ0) is 59.7. The van der Waals surface area contributed by atoms with E-state index in [0.717, 1.165) is 51.6 Å². The number of carbonyl (C=O) groups is 8. The Morgan fingerprint density at radius 3 is 0.725 bits per heavy atom. The summed E-state index contributed by atoms with van der Waals surface area (Å²) in [5, 5.41) is 24.6. The van der Waals surface area contributed by atoms with Crippen molar-refractivity contribution in [1.29, 1.82) is 0 Å². The van der Waals surface area contributed by atoms with E-state index >= 15 is 33.6 Å². The molecule has 0 amide bonds. The van der Waals surface area contributed by atoms with Crippen molar-refractivity contribution < 1.29 is 48.6 Å². The van der Waals surface area contributed by atoms with Crippen LogP contribution in [0.15, 0.2) is 96.6 Å². The van der Waals surface area contributed by atoms with Crippen molar-refractivity contribution in [2.45, 2.75) is 134 Å². The zero-order valence-corrected chi connectivity index (χ0v) is 53.6. The first-order valence-electron chi connectivity index (χ1n) is 26.9. The van der Waals surface area contributed by atoms with Gasteiger partial charge in [0.1, 0.15) is 0 Å². The van der Waals surface area contributed by atoms with E-state index < -0.39 is 80.7 Å². The maximum absolute atomic E-state index is 17.7. The number of hydrogen-bond acceptors (Lipinski definition) is 8. The molecule has 0 bridgehead atoms. The van der Waals surface area contributed by atoms with Crippen molar-refractivity contribution in [3.8, 4) is 0 Å². The number of aliphatic carboxylic acids is 2. The van der Waals surface area contributed by atoms with Gasteiger partial charge in [0.15, 0.2) is 0 Å². The van der Waals surface area contributed by atoms with Gasteiger partial charge in [-0.15, -0.1) is 0 Å². The van der Waals surface area contributed by atoms with E-state index in [9.17, 15) is 15.0 Å². The third-order valence-electron chi connectivity index (χ3n) is 16.6. The fraction of sp³-hybridized carbons (Fsp3) is 0.294. The van der Waals surface area contributed by atoms with Gasteiger partial charge in [0.2, 0.25) is 0 Å². The van der Waals surface area contributed by atoms with Crippen LogP contribution in [0.3, 0.4) is 0 Å². The summed E-state index contributed by atoms with van der Waals surface area (Å²) >= 11 is -14.6. The Labute approximate surface area is 475 Å². The standard InChI is InChI=1S/C68H72Ge2O10/c1-34-21-40(7)54(41(8)22-34)60(71)69(61(72)55-42(9)23-35(2)24-43(55)10,62(73)56-44(11)25-36(3)26-45(56)12)53-33-52(66(77)78)19-20-68(53,67(79)80)70(63(74)57-46(13)27-37(4)28-47(57)14,64(75)58-48(15)29-38(5)30-49(58)16)65(76)59-50(17)31-39(6)32-51(59)18/h19-33,53H,1-18H3,(H,77,78)(H,79,80). The van der Waals surface area contributed by atoms with Gasteiger partial charge in [-0.25, -0.2) is 0 Å². The van der Waals surface area contributed by atoms with E-state index in [4.69, 9.17) is 0 Å². The summed E-state index contributed by atoms with van der Waals surface area (Å²) in [5.41, 5.74) is 7.47. The van der Waals surface area contributed by atoms with Gasteiger partial charge >= 0.3 is 478 Å². The molecule has 80 heavy (non-hydrogen) atoms. The molecule has 1 aliphatic rings. The molecule has 2 atom stereocenters. The Bertz CT molecular complexity index is 3370. The first-order valence-corrected chi connectivity index (χ1v) is 35.4. The van der Waals surface area contributed by atoms with Gasteiger partial charge in [-0.3, -0.25) is 0 Å². The van der Waals surface area contributed by atoms with Crippen molar-refractivity contribution in [1.82, 2.24) is 0 Å². The van der Waals surface area contributed by atoms with E-state index in [-0.39, 0.29) is 33.4 Å². The van der Waals surface area contributed by atoms with Crippen molar-refractivity contribution in [2.24, 2.45) is 0 Å². The van der Waals surface area contributed by atoms with Crippen molar-refractivity contribution in [3.63, 3.8) is 0 Å². The Balaban J connectivity index is 1.95. The van der Waals surface area contributed by atoms with Crippen LogP contribution in [0.25, 0.3) is 0 Å². The zero-order valence-electron chi connectivity index (χ0n) is 49.4. The van der Waals surface area contributed by atoms with E-state index in [1.54, 1.807) is 156 Å². The molecule has 10 nitrogen and oxygen atoms in total. The normalized spacial score (nSPS) is 15.3. The Hall–Kier alpha value is -7.15. The van der Waals surface area contributed by atoms with Crippen LogP contribution in [0.5, 0.6) is 0 Å². The Morgan fingerprint density at radius 2 is 0.537 bits per heavy atom. The first kappa shape index (κ1) is 60.5. The molecule has 0 fully saturated rings. The second kappa shape index (κ2) is 22.1. The predicted molar refractivity (Wildman–Crippen MR) is 320 cm³/mol. The average molecular weight is 1190 g/mol. The number of benzene rings is 6. The molecule has 6 aromatic rings. The van der Waals surface area contributed by atoms with Crippen LogP contribution in [0, 0.1) is 125 Å². The van der Waals surface area contributed by atoms with Crippen LogP contribution in [0.4, 0.5) is 0 Å². The third kappa shape index (κ3) is 9.59. The molecule has 412 valence electrons. The molecule has 0 saturated heterocycles. The monoisotopic (exact) mass is 1200 g/mol. The van der Waals surface area contributed by atoms with Crippen LogP contribution in [0.1, 0.15) is 162 Å². The van der Waals surface area contributed by atoms with Gasteiger partial charge in [0, 0.05) is 0 Å². The average Bonchev–Trinajstić information content (AvgIpc) is 3.30. The molecule has 12 heteroatoms. The summed E-state index contributed by atoms with van der Waals surface area (Å²) in [5.74, 6) is -3.54. The molecule has 0 spiro atoms. The van der Waals surface area contributed by atoms with Crippen LogP contribution in [-0.4, -0.2) is 76.4 Å². The molecule has 1 aliphatic carbocycles. The first-order chi connectivity index (χ1) is 37.2. The number of allylic oxidation sites excluding steroid dienone is 1. The molecule has 0 saturated carbocycles. The molecule has 0 aliphatic heterocycles. The van der Waals surface area contributed by atoms with Crippen LogP contribution >= 0.6 is 0 Å². The minimum absolute atomic E-state index is 0.0518. The molecular formula is C68H72Ge2O10. The topological polar surface area (TPSA) is 177 Å². The fourth-order valence-corrected chi connectivity index (χ4v) is 40.6. The summed E-state index contributed by atoms with van der Waals surface area (Å²) in [6, 6.07) is 20.6. The van der Waals surface area contributed by atoms with Gasteiger partial charge in [0.25, 0.3) is 0 Å². The number of carboxylic acid groups (broad SMARTS) is 2. The summed E-state index contributed by atoms with van der Waals surface area (Å²) in [6.45, 7) is 30.8. The van der Waals surface area contributed by atoms with Crippen LogP contribution in [0.2, 0.25) is 9.00 Å². The van der Waals surface area contributed by atoms with Gasteiger partial charge in [0.05, 0.1) is 0 Å². The number of rotatable bonds is 16. The molecule has 7 rings (SSSR count). The van der Waals surface area contributed by atoms with Crippen LogP contribution < -0.4 is 0 Å². The predicted octanol–water partition coefficient (Wildman–Crippen LogP) is 13.7. The molecular weight excluding hydrogens is 1120 g/mol. The van der Waals surface area contributed by atoms with Crippen molar-refractivity contribution in [2.75, 3.05) is 0 Å². The quantitative estimate of drug-likeness (QED) is 0.0887. The van der Waals surface area contributed by atoms with E-state index in [1.807, 2.05) is 41.5 Å². The van der Waals surface area contributed by atoms with Crippen LogP contribution in [-0.2, 0) is 9.59 Å². The molecule has 6 aromatic carbocycles. The van der Waals surface area contributed by atoms with Gasteiger partial charge < -0.3 is 0 Å². The summed E-state index contributed by atoms with van der Waals surface area (Å²) in [6.07, 6.45) is 2.96. The van der Waals surface area contributed by atoms with E-state index in [1.165, 1.54) is 0 Å². The van der Waals surface area contributed by atoms with E-state index in [0.29, 0.717) is 66.8 Å². The molecule has 0 radical (unpaired) electrons. The maximum atomic E-state index is 17.7. The van der Waals surface area contributed by atoms with Crippen molar-refractivity contribution in [3.05, 3.63) is 230 Å². The Morgan fingerprint density at radius 1 is 0.338 bits per heavy atom. The SMILES string of the molecule is Cc1cc(C)c([C](=O)[Ge]([C](=O)c2c(C)cc(C)cc2C)([C](=O)c2c(C)cc(C)cc2C)[CH]2C=C(C(=O)O)C=C[C]2(C(=O)O)[Ge]([C](=O)c2c(C)cc(C)cc2C)([C](=O)c2c(C)cc(C)cc2C)[C](=O)c2c(C)cc(C)cc2C)c(C)c1. The molecule has 2 N–H and O–H groups in total. The minimum atomic E-state index is -7.41. The fourth-order valence-electron chi connectivity index (χ4n) is 14.0. The van der Waals surface area contributed by atoms with Gasteiger partial charge in [-0.1, -0.05) is 0 Å². The van der Waals surface area contributed by atoms with Gasteiger partial charge in [-0.2, -0.15) is 0 Å². The molecule has 2 unspecified atom stereocenters.